The smallest absolute Gasteiger partial charge is 0.190 e. The highest BCUT2D eigenvalue weighted by atomic mass is 16.3. The maximum atomic E-state index is 8.92. The third kappa shape index (κ3) is 7.19. The molecule has 0 heterocycles. The van der Waals surface area contributed by atoms with E-state index < -0.39 is 0 Å². The molecule has 0 aromatic rings. The fraction of sp³-hybridized carbons (Fsp3) is 0.909. The van der Waals surface area contributed by atoms with Crippen LogP contribution in [-0.4, -0.2) is 37.8 Å². The van der Waals surface area contributed by atoms with Crippen LogP contribution in [0.3, 0.4) is 0 Å². The van der Waals surface area contributed by atoms with Gasteiger partial charge in [0.1, 0.15) is 0 Å². The monoisotopic (exact) mass is 215 g/mol. The van der Waals surface area contributed by atoms with Gasteiger partial charge in [0, 0.05) is 26.7 Å². The van der Waals surface area contributed by atoms with Crippen molar-refractivity contribution in [1.82, 2.24) is 10.6 Å². The Bertz CT molecular complexity index is 165. The van der Waals surface area contributed by atoms with E-state index >= 15 is 0 Å². The molecule has 1 unspecified atom stereocenters. The third-order valence-electron chi connectivity index (χ3n) is 2.36. The summed E-state index contributed by atoms with van der Waals surface area (Å²) in [6.07, 6.45) is 3.17. The number of hydrogen-bond donors (Lipinski definition) is 3. The predicted molar refractivity (Wildman–Crippen MR) is 65.1 cm³/mol. The lowest BCUT2D eigenvalue weighted by Gasteiger charge is -2.17. The number of guanidine groups is 1. The van der Waals surface area contributed by atoms with Crippen LogP contribution in [0.1, 0.15) is 33.1 Å². The van der Waals surface area contributed by atoms with E-state index in [0.29, 0.717) is 5.92 Å². The van der Waals surface area contributed by atoms with Crippen molar-refractivity contribution in [3.63, 3.8) is 0 Å². The highest BCUT2D eigenvalue weighted by Crippen LogP contribution is 2.08. The van der Waals surface area contributed by atoms with Crippen LogP contribution in [0.15, 0.2) is 4.99 Å². The normalized spacial score (nSPS) is 13.7. The number of hydrogen-bond acceptors (Lipinski definition) is 2. The van der Waals surface area contributed by atoms with Crippen molar-refractivity contribution in [2.24, 2.45) is 10.9 Å². The third-order valence-corrected chi connectivity index (χ3v) is 2.36. The zero-order valence-electron chi connectivity index (χ0n) is 10.2. The number of nitrogens with zero attached hydrogens (tertiary/aromatic N) is 1. The van der Waals surface area contributed by atoms with Gasteiger partial charge < -0.3 is 15.7 Å². The lowest BCUT2D eigenvalue weighted by atomic mass is 10.0. The molecule has 0 aromatic carbocycles. The summed E-state index contributed by atoms with van der Waals surface area (Å²) in [5.41, 5.74) is 0. The van der Waals surface area contributed by atoms with E-state index in [4.69, 9.17) is 5.11 Å². The van der Waals surface area contributed by atoms with E-state index in [1.54, 1.807) is 7.05 Å². The van der Waals surface area contributed by atoms with E-state index in [2.05, 4.69) is 22.5 Å². The molecule has 0 saturated carbocycles. The van der Waals surface area contributed by atoms with Gasteiger partial charge in [-0.25, -0.2) is 0 Å². The first-order valence-electron chi connectivity index (χ1n) is 5.83. The van der Waals surface area contributed by atoms with Crippen molar-refractivity contribution in [2.45, 2.75) is 33.1 Å². The topological polar surface area (TPSA) is 56.6 Å². The summed E-state index contributed by atoms with van der Waals surface area (Å²) < 4.78 is 0. The van der Waals surface area contributed by atoms with Crippen LogP contribution in [0.2, 0.25) is 0 Å². The molecule has 15 heavy (non-hydrogen) atoms. The van der Waals surface area contributed by atoms with E-state index in [9.17, 15) is 0 Å². The van der Waals surface area contributed by atoms with Crippen LogP contribution in [0.25, 0.3) is 0 Å². The van der Waals surface area contributed by atoms with Gasteiger partial charge in [-0.05, 0) is 25.7 Å². The van der Waals surface area contributed by atoms with Crippen LogP contribution in [0.4, 0.5) is 0 Å². The Morgan fingerprint density at radius 3 is 2.47 bits per heavy atom. The Labute approximate surface area is 93.2 Å². The summed E-state index contributed by atoms with van der Waals surface area (Å²) >= 11 is 0. The van der Waals surface area contributed by atoms with Crippen LogP contribution < -0.4 is 10.6 Å². The largest absolute Gasteiger partial charge is 0.396 e. The molecule has 4 heteroatoms. The molecule has 0 rings (SSSR count). The fourth-order valence-electron chi connectivity index (χ4n) is 1.57. The Balaban J connectivity index is 3.84. The molecular weight excluding hydrogens is 190 g/mol. The van der Waals surface area contributed by atoms with Gasteiger partial charge in [0.25, 0.3) is 0 Å². The van der Waals surface area contributed by atoms with Gasteiger partial charge in [-0.3, -0.25) is 4.99 Å². The zero-order chi connectivity index (χ0) is 11.5. The molecule has 0 aliphatic heterocycles. The van der Waals surface area contributed by atoms with Crippen LogP contribution >= 0.6 is 0 Å². The van der Waals surface area contributed by atoms with Crippen LogP contribution in [-0.2, 0) is 0 Å². The predicted octanol–water partition coefficient (Wildman–Crippen LogP) is 0.970. The number of aliphatic imine (C=N–C) groups is 1. The van der Waals surface area contributed by atoms with Gasteiger partial charge in [-0.15, -0.1) is 0 Å². The minimum atomic E-state index is 0.270. The first-order valence-corrected chi connectivity index (χ1v) is 5.83. The van der Waals surface area contributed by atoms with Crippen molar-refractivity contribution in [1.29, 1.82) is 0 Å². The Morgan fingerprint density at radius 2 is 2.00 bits per heavy atom. The summed E-state index contributed by atoms with van der Waals surface area (Å²) in [4.78, 5) is 4.10. The number of aliphatic hydroxyl groups is 1. The fourth-order valence-corrected chi connectivity index (χ4v) is 1.57. The molecule has 0 spiro atoms. The van der Waals surface area contributed by atoms with Gasteiger partial charge in [0.15, 0.2) is 5.96 Å². The molecule has 90 valence electrons. The average Bonchev–Trinajstić information content (AvgIpc) is 2.24. The maximum absolute atomic E-state index is 8.92. The molecule has 0 aliphatic carbocycles. The summed E-state index contributed by atoms with van der Waals surface area (Å²) in [6, 6.07) is 0. The highest BCUT2D eigenvalue weighted by Gasteiger charge is 2.07. The summed E-state index contributed by atoms with van der Waals surface area (Å²) in [5.74, 6) is 1.38. The molecule has 0 bridgehead atoms. The second-order valence-electron chi connectivity index (χ2n) is 3.65. The van der Waals surface area contributed by atoms with Crippen molar-refractivity contribution in [3.8, 4) is 0 Å². The molecular formula is C11H25N3O. The lowest BCUT2D eigenvalue weighted by Crippen LogP contribution is -2.39. The molecule has 0 amide bonds. The minimum Gasteiger partial charge on any atom is -0.396 e. The number of nitrogens with one attached hydrogen (secondary N) is 2. The maximum Gasteiger partial charge on any atom is 0.190 e. The van der Waals surface area contributed by atoms with Crippen molar-refractivity contribution in [2.75, 3.05) is 26.7 Å². The van der Waals surface area contributed by atoms with Crippen LogP contribution in [0.5, 0.6) is 0 Å². The summed E-state index contributed by atoms with van der Waals surface area (Å²) in [7, 11) is 1.77. The molecule has 0 radical (unpaired) electrons. The first-order chi connectivity index (χ1) is 7.28. The molecule has 0 saturated heterocycles. The standard InChI is InChI=1S/C11H25N3O/c1-4-6-10(7-8-15)9-14-11(12-3)13-5-2/h10,15H,4-9H2,1-3H3,(H2,12,13,14). The second-order valence-corrected chi connectivity index (χ2v) is 3.65. The van der Waals surface area contributed by atoms with Crippen molar-refractivity contribution < 1.29 is 5.11 Å². The molecule has 1 atom stereocenters. The quantitative estimate of drug-likeness (QED) is 0.438. The molecule has 3 N–H and O–H groups in total. The average molecular weight is 215 g/mol. The first kappa shape index (κ1) is 14.2. The molecule has 0 aliphatic rings. The van der Waals surface area contributed by atoms with E-state index in [0.717, 1.165) is 38.3 Å². The van der Waals surface area contributed by atoms with Gasteiger partial charge in [-0.1, -0.05) is 13.3 Å². The molecule has 0 fully saturated rings. The van der Waals surface area contributed by atoms with E-state index in [-0.39, 0.29) is 6.61 Å². The molecule has 4 nitrogen and oxygen atoms in total. The molecule has 0 aromatic heterocycles. The Hall–Kier alpha value is -0.770. The zero-order valence-corrected chi connectivity index (χ0v) is 10.2. The van der Waals surface area contributed by atoms with Gasteiger partial charge in [0.05, 0.1) is 0 Å². The Kier molecular flexibility index (Phi) is 9.27. The number of aliphatic hydroxyl groups excluding tert-OH is 1. The van der Waals surface area contributed by atoms with Gasteiger partial charge >= 0.3 is 0 Å². The number of rotatable bonds is 7. The SMILES string of the molecule is CCCC(CCO)CNC(=NC)NCC. The summed E-state index contributed by atoms with van der Waals surface area (Å²) in [6.45, 7) is 6.24. The van der Waals surface area contributed by atoms with E-state index in [1.165, 1.54) is 0 Å². The van der Waals surface area contributed by atoms with Crippen molar-refractivity contribution >= 4 is 5.96 Å². The van der Waals surface area contributed by atoms with E-state index in [1.807, 2.05) is 6.92 Å². The van der Waals surface area contributed by atoms with Gasteiger partial charge in [0.2, 0.25) is 0 Å². The van der Waals surface area contributed by atoms with Gasteiger partial charge in [-0.2, -0.15) is 0 Å². The summed E-state index contributed by atoms with van der Waals surface area (Å²) in [5, 5.41) is 15.3. The highest BCUT2D eigenvalue weighted by molar-refractivity contribution is 5.79. The second kappa shape index (κ2) is 9.77. The Morgan fingerprint density at radius 1 is 1.27 bits per heavy atom. The van der Waals surface area contributed by atoms with Crippen molar-refractivity contribution in [3.05, 3.63) is 0 Å². The lowest BCUT2D eigenvalue weighted by molar-refractivity contribution is 0.251. The minimum absolute atomic E-state index is 0.270. The van der Waals surface area contributed by atoms with Crippen LogP contribution in [0, 0.1) is 5.92 Å².